The van der Waals surface area contributed by atoms with E-state index in [1.807, 2.05) is 0 Å². The smallest absolute Gasteiger partial charge is 0.238 e. The molecule has 1 aromatic carbocycles. The van der Waals surface area contributed by atoms with Crippen molar-refractivity contribution < 1.29 is 4.79 Å². The predicted octanol–water partition coefficient (Wildman–Crippen LogP) is 2.72. The fourth-order valence-electron chi connectivity index (χ4n) is 2.50. The highest BCUT2D eigenvalue weighted by molar-refractivity contribution is 7.99. The van der Waals surface area contributed by atoms with Crippen molar-refractivity contribution in [3.8, 4) is 0 Å². The monoisotopic (exact) mass is 292 g/mol. The van der Waals surface area contributed by atoms with E-state index in [2.05, 4.69) is 43.4 Å². The Morgan fingerprint density at radius 1 is 1.50 bits per heavy atom. The Labute approximate surface area is 125 Å². The van der Waals surface area contributed by atoms with Crippen molar-refractivity contribution in [3.63, 3.8) is 0 Å². The van der Waals surface area contributed by atoms with Crippen molar-refractivity contribution in [2.24, 2.45) is 11.7 Å². The summed E-state index contributed by atoms with van der Waals surface area (Å²) in [6.45, 7) is 5.04. The van der Waals surface area contributed by atoms with E-state index < -0.39 is 5.54 Å². The molecule has 0 aromatic heterocycles. The van der Waals surface area contributed by atoms with Crippen molar-refractivity contribution in [2.75, 3.05) is 12.3 Å². The summed E-state index contributed by atoms with van der Waals surface area (Å²) < 4.78 is 0. The van der Waals surface area contributed by atoms with E-state index in [1.165, 1.54) is 10.5 Å². The topological polar surface area (TPSA) is 55.1 Å². The van der Waals surface area contributed by atoms with E-state index in [1.54, 1.807) is 11.8 Å². The number of rotatable bonds is 8. The summed E-state index contributed by atoms with van der Waals surface area (Å²) in [5.74, 6) is 0.925. The van der Waals surface area contributed by atoms with Gasteiger partial charge in [0.2, 0.25) is 5.91 Å². The van der Waals surface area contributed by atoms with Crippen molar-refractivity contribution in [2.45, 2.75) is 43.5 Å². The minimum Gasteiger partial charge on any atom is -0.368 e. The average molecular weight is 292 g/mol. The van der Waals surface area contributed by atoms with E-state index in [4.69, 9.17) is 5.73 Å². The summed E-state index contributed by atoms with van der Waals surface area (Å²) >= 11 is 1.73. The van der Waals surface area contributed by atoms with Crippen LogP contribution in [-0.4, -0.2) is 23.7 Å². The third-order valence-electron chi connectivity index (χ3n) is 3.86. The number of nitrogens with two attached hydrogens (primary N) is 1. The first-order chi connectivity index (χ1) is 9.58. The van der Waals surface area contributed by atoms with E-state index in [0.717, 1.165) is 31.6 Å². The molecule has 110 valence electrons. The van der Waals surface area contributed by atoms with E-state index in [0.29, 0.717) is 5.92 Å². The molecule has 0 bridgehead atoms. The Bertz CT molecular complexity index is 473. The van der Waals surface area contributed by atoms with Crippen LogP contribution in [0.15, 0.2) is 29.2 Å². The molecular weight excluding hydrogens is 268 g/mol. The van der Waals surface area contributed by atoms with Gasteiger partial charge in [-0.05, 0) is 50.8 Å². The zero-order chi connectivity index (χ0) is 14.6. The molecule has 4 heteroatoms. The number of benzene rings is 1. The van der Waals surface area contributed by atoms with Crippen molar-refractivity contribution in [3.05, 3.63) is 29.8 Å². The minimum absolute atomic E-state index is 0.200. The summed E-state index contributed by atoms with van der Waals surface area (Å²) in [5, 5.41) is 3.43. The van der Waals surface area contributed by atoms with Crippen LogP contribution in [0.5, 0.6) is 0 Å². The molecule has 0 heterocycles. The molecule has 0 radical (unpaired) electrons. The molecule has 0 aliphatic heterocycles. The molecule has 3 nitrogen and oxygen atoms in total. The second-order valence-electron chi connectivity index (χ2n) is 5.64. The number of carbonyl (C=O) groups is 1. The molecule has 2 rings (SSSR count). The van der Waals surface area contributed by atoms with Gasteiger partial charge < -0.3 is 11.1 Å². The lowest BCUT2D eigenvalue weighted by atomic mass is 9.94. The van der Waals surface area contributed by atoms with Gasteiger partial charge in [-0.15, -0.1) is 11.8 Å². The van der Waals surface area contributed by atoms with Gasteiger partial charge in [0.25, 0.3) is 0 Å². The molecular formula is C16H24N2OS. The molecule has 1 aliphatic rings. The molecule has 0 spiro atoms. The quantitative estimate of drug-likeness (QED) is 0.724. The molecule has 20 heavy (non-hydrogen) atoms. The van der Waals surface area contributed by atoms with Crippen LogP contribution in [0.25, 0.3) is 0 Å². The number of thioether (sulfide) groups is 1. The number of primary amides is 1. The molecule has 1 fully saturated rings. The Morgan fingerprint density at radius 3 is 2.80 bits per heavy atom. The lowest BCUT2D eigenvalue weighted by Gasteiger charge is -2.32. The lowest BCUT2D eigenvalue weighted by Crippen LogP contribution is -2.59. The third kappa shape index (κ3) is 3.55. The Kier molecular flexibility index (Phi) is 5.11. The van der Waals surface area contributed by atoms with Gasteiger partial charge in [0.05, 0.1) is 0 Å². The first-order valence-corrected chi connectivity index (χ1v) is 8.31. The Balaban J connectivity index is 2.09. The highest BCUT2D eigenvalue weighted by atomic mass is 32.2. The molecule has 1 aliphatic carbocycles. The molecule has 3 N–H and O–H groups in total. The maximum atomic E-state index is 12.0. The Hall–Kier alpha value is -1.00. The normalized spacial score (nSPS) is 17.7. The second-order valence-corrected chi connectivity index (χ2v) is 6.69. The zero-order valence-electron chi connectivity index (χ0n) is 12.3. The maximum absolute atomic E-state index is 12.0. The van der Waals surface area contributed by atoms with Crippen LogP contribution in [0.1, 0.15) is 31.7 Å². The number of carbonyl (C=O) groups excluding carboxylic acids is 1. The summed E-state index contributed by atoms with van der Waals surface area (Å²) in [6.07, 6.45) is 3.22. The van der Waals surface area contributed by atoms with Crippen LogP contribution in [0, 0.1) is 12.8 Å². The number of amides is 1. The summed E-state index contributed by atoms with van der Waals surface area (Å²) in [7, 11) is 0. The van der Waals surface area contributed by atoms with Gasteiger partial charge in [-0.3, -0.25) is 4.79 Å². The van der Waals surface area contributed by atoms with Gasteiger partial charge in [0.1, 0.15) is 5.54 Å². The van der Waals surface area contributed by atoms with E-state index in [9.17, 15) is 4.79 Å². The second kappa shape index (κ2) is 6.64. The van der Waals surface area contributed by atoms with E-state index in [-0.39, 0.29) is 5.91 Å². The highest BCUT2D eigenvalue weighted by Gasteiger charge is 2.49. The van der Waals surface area contributed by atoms with Gasteiger partial charge >= 0.3 is 0 Å². The zero-order valence-corrected chi connectivity index (χ0v) is 13.1. The van der Waals surface area contributed by atoms with Crippen LogP contribution in [0.3, 0.4) is 0 Å². The van der Waals surface area contributed by atoms with Gasteiger partial charge in [0.15, 0.2) is 0 Å². The van der Waals surface area contributed by atoms with Crippen molar-refractivity contribution >= 4 is 17.7 Å². The van der Waals surface area contributed by atoms with Crippen LogP contribution in [0.4, 0.5) is 0 Å². The fourth-order valence-corrected chi connectivity index (χ4v) is 3.82. The van der Waals surface area contributed by atoms with Crippen LogP contribution >= 0.6 is 11.8 Å². The van der Waals surface area contributed by atoms with Crippen molar-refractivity contribution in [1.29, 1.82) is 0 Å². The van der Waals surface area contributed by atoms with Crippen LogP contribution in [0.2, 0.25) is 0 Å². The first-order valence-electron chi connectivity index (χ1n) is 7.33. The summed E-state index contributed by atoms with van der Waals surface area (Å²) in [5.41, 5.74) is 6.44. The third-order valence-corrected chi connectivity index (χ3v) is 5.05. The standard InChI is InChI=1S/C16H24N2OS/c1-3-9-18-16(15(17)19,13-7-8-13)11-20-14-6-4-5-12(2)10-14/h4-6,10,13,18H,3,7-9,11H2,1-2H3,(H2,17,19). The summed E-state index contributed by atoms with van der Waals surface area (Å²) in [4.78, 5) is 13.2. The van der Waals surface area contributed by atoms with Gasteiger partial charge in [-0.2, -0.15) is 0 Å². The molecule has 0 saturated heterocycles. The molecule has 1 atom stereocenters. The number of nitrogens with one attached hydrogen (secondary N) is 1. The van der Waals surface area contributed by atoms with Crippen LogP contribution < -0.4 is 11.1 Å². The largest absolute Gasteiger partial charge is 0.368 e. The van der Waals surface area contributed by atoms with E-state index >= 15 is 0 Å². The van der Waals surface area contributed by atoms with Gasteiger partial charge in [-0.25, -0.2) is 0 Å². The molecule has 1 aromatic rings. The first kappa shape index (κ1) is 15.4. The average Bonchev–Trinajstić information content (AvgIpc) is 3.24. The highest BCUT2D eigenvalue weighted by Crippen LogP contribution is 2.42. The number of aryl methyl sites for hydroxylation is 1. The molecule has 1 unspecified atom stereocenters. The minimum atomic E-state index is -0.537. The lowest BCUT2D eigenvalue weighted by molar-refractivity contribution is -0.124. The van der Waals surface area contributed by atoms with Gasteiger partial charge in [-0.1, -0.05) is 24.6 Å². The van der Waals surface area contributed by atoms with Crippen molar-refractivity contribution in [1.82, 2.24) is 5.32 Å². The molecule has 1 saturated carbocycles. The number of hydrogen-bond donors (Lipinski definition) is 2. The molecule has 1 amide bonds. The summed E-state index contributed by atoms with van der Waals surface area (Å²) in [6, 6.07) is 8.39. The fraction of sp³-hybridized carbons (Fsp3) is 0.562. The Morgan fingerprint density at radius 2 is 2.25 bits per heavy atom. The predicted molar refractivity (Wildman–Crippen MR) is 84.8 cm³/mol. The maximum Gasteiger partial charge on any atom is 0.238 e. The number of hydrogen-bond acceptors (Lipinski definition) is 3. The van der Waals surface area contributed by atoms with Crippen LogP contribution in [-0.2, 0) is 4.79 Å². The van der Waals surface area contributed by atoms with Gasteiger partial charge in [0, 0.05) is 10.6 Å². The SMILES string of the molecule is CCCNC(CSc1cccc(C)c1)(C(N)=O)C1CC1.